The van der Waals surface area contributed by atoms with Gasteiger partial charge in [-0.3, -0.25) is 0 Å². The van der Waals surface area contributed by atoms with E-state index in [1.807, 2.05) is 0 Å². The molecule has 0 spiro atoms. The number of rotatable bonds is 6. The fourth-order valence-corrected chi connectivity index (χ4v) is 3.05. The van der Waals surface area contributed by atoms with Crippen LogP contribution in [-0.2, 0) is 9.53 Å². The summed E-state index contributed by atoms with van der Waals surface area (Å²) >= 11 is 0. The van der Waals surface area contributed by atoms with E-state index in [1.165, 1.54) is 12.8 Å². The fourth-order valence-electron chi connectivity index (χ4n) is 3.05. The average Bonchev–Trinajstić information content (AvgIpc) is 2.98. The number of aliphatic hydroxyl groups excluding tert-OH is 1. The first-order chi connectivity index (χ1) is 8.65. The van der Waals surface area contributed by atoms with E-state index in [0.717, 1.165) is 25.8 Å². The van der Waals surface area contributed by atoms with Crippen LogP contribution in [0.2, 0.25) is 0 Å². The number of nitrogens with one attached hydrogen (secondary N) is 1. The first kappa shape index (κ1) is 13.8. The topological polar surface area (TPSA) is 78.8 Å². The molecular weight excluding hydrogens is 234 g/mol. The lowest BCUT2D eigenvalue weighted by molar-refractivity contribution is -0.149. The van der Waals surface area contributed by atoms with Crippen LogP contribution in [-0.4, -0.2) is 48.1 Å². The van der Waals surface area contributed by atoms with Gasteiger partial charge in [-0.2, -0.15) is 0 Å². The van der Waals surface area contributed by atoms with Crippen molar-refractivity contribution in [2.75, 3.05) is 19.7 Å². The van der Waals surface area contributed by atoms with Gasteiger partial charge in [0.25, 0.3) is 0 Å². The third-order valence-electron chi connectivity index (χ3n) is 4.25. The number of carbonyl (C=O) groups is 1. The molecule has 5 nitrogen and oxygen atoms in total. The van der Waals surface area contributed by atoms with Crippen LogP contribution >= 0.6 is 0 Å². The maximum Gasteiger partial charge on any atom is 0.332 e. The number of aliphatic hydroxyl groups is 1. The Hall–Kier alpha value is -0.650. The molecule has 0 radical (unpaired) electrons. The zero-order valence-electron chi connectivity index (χ0n) is 10.7. The van der Waals surface area contributed by atoms with Crippen molar-refractivity contribution >= 4 is 5.97 Å². The van der Waals surface area contributed by atoms with Crippen LogP contribution < -0.4 is 5.32 Å². The first-order valence-corrected chi connectivity index (χ1v) is 6.85. The third kappa shape index (κ3) is 3.22. The summed E-state index contributed by atoms with van der Waals surface area (Å²) in [5, 5.41) is 21.6. The molecule has 1 heterocycles. The van der Waals surface area contributed by atoms with Crippen LogP contribution in [0.5, 0.6) is 0 Å². The van der Waals surface area contributed by atoms with E-state index in [0.29, 0.717) is 13.0 Å². The maximum absolute atomic E-state index is 10.7. The quantitative estimate of drug-likeness (QED) is 0.655. The molecule has 18 heavy (non-hydrogen) atoms. The standard InChI is InChI=1S/C13H23NO4/c15-9-13(5-1-2-6-13)8-14-7-10-3-4-11(18-10)12(16)17/h10-11,14-15H,1-9H2,(H,16,17). The van der Waals surface area contributed by atoms with E-state index in [9.17, 15) is 9.90 Å². The molecule has 1 saturated heterocycles. The van der Waals surface area contributed by atoms with Gasteiger partial charge in [0.2, 0.25) is 0 Å². The van der Waals surface area contributed by atoms with Crippen molar-refractivity contribution in [3.05, 3.63) is 0 Å². The van der Waals surface area contributed by atoms with Crippen LogP contribution in [0.15, 0.2) is 0 Å². The van der Waals surface area contributed by atoms with Crippen molar-refractivity contribution in [1.29, 1.82) is 0 Å². The van der Waals surface area contributed by atoms with Crippen molar-refractivity contribution < 1.29 is 19.7 Å². The van der Waals surface area contributed by atoms with E-state index in [4.69, 9.17) is 9.84 Å². The Kier molecular flexibility index (Phi) is 4.59. The molecule has 2 fully saturated rings. The van der Waals surface area contributed by atoms with Gasteiger partial charge in [0, 0.05) is 25.1 Å². The summed E-state index contributed by atoms with van der Waals surface area (Å²) in [5.41, 5.74) is 0.0464. The van der Waals surface area contributed by atoms with Gasteiger partial charge in [0.05, 0.1) is 6.10 Å². The van der Waals surface area contributed by atoms with Crippen LogP contribution in [0.25, 0.3) is 0 Å². The van der Waals surface area contributed by atoms with Crippen LogP contribution in [0.4, 0.5) is 0 Å². The van der Waals surface area contributed by atoms with Crippen molar-refractivity contribution in [3.63, 3.8) is 0 Å². The minimum atomic E-state index is -0.861. The normalized spacial score (nSPS) is 30.7. The zero-order valence-corrected chi connectivity index (χ0v) is 10.7. The molecule has 2 rings (SSSR count). The molecule has 0 aromatic heterocycles. The number of carboxylic acid groups (broad SMARTS) is 1. The van der Waals surface area contributed by atoms with E-state index < -0.39 is 12.1 Å². The molecule has 104 valence electrons. The second-order valence-electron chi connectivity index (χ2n) is 5.66. The van der Waals surface area contributed by atoms with Gasteiger partial charge in [-0.15, -0.1) is 0 Å². The SMILES string of the molecule is O=C(O)C1CCC(CNCC2(CO)CCCC2)O1. The molecular formula is C13H23NO4. The lowest BCUT2D eigenvalue weighted by atomic mass is 9.87. The molecule has 0 aromatic carbocycles. The lowest BCUT2D eigenvalue weighted by Crippen LogP contribution is -2.38. The van der Waals surface area contributed by atoms with E-state index in [2.05, 4.69) is 5.32 Å². The molecule has 5 heteroatoms. The molecule has 1 aliphatic heterocycles. The molecule has 3 N–H and O–H groups in total. The van der Waals surface area contributed by atoms with Crippen LogP contribution in [0, 0.1) is 5.41 Å². The Morgan fingerprint density at radius 3 is 2.61 bits per heavy atom. The predicted molar refractivity (Wildman–Crippen MR) is 66.4 cm³/mol. The Bertz CT molecular complexity index is 289. The van der Waals surface area contributed by atoms with Gasteiger partial charge < -0.3 is 20.3 Å². The molecule has 1 aliphatic carbocycles. The smallest absolute Gasteiger partial charge is 0.332 e. The molecule has 1 saturated carbocycles. The van der Waals surface area contributed by atoms with Gasteiger partial charge in [0.15, 0.2) is 6.10 Å². The van der Waals surface area contributed by atoms with Gasteiger partial charge in [0.1, 0.15) is 0 Å². The van der Waals surface area contributed by atoms with Gasteiger partial charge in [-0.1, -0.05) is 12.8 Å². The molecule has 2 unspecified atom stereocenters. The van der Waals surface area contributed by atoms with Crippen LogP contribution in [0.1, 0.15) is 38.5 Å². The number of hydrogen-bond acceptors (Lipinski definition) is 4. The summed E-state index contributed by atoms with van der Waals surface area (Å²) in [6, 6.07) is 0. The summed E-state index contributed by atoms with van der Waals surface area (Å²) in [4.78, 5) is 10.7. The zero-order chi connectivity index (χ0) is 13.0. The number of carboxylic acids is 1. The largest absolute Gasteiger partial charge is 0.479 e. The number of aliphatic carboxylic acids is 1. The highest BCUT2D eigenvalue weighted by Crippen LogP contribution is 2.36. The second kappa shape index (κ2) is 5.99. The average molecular weight is 257 g/mol. The second-order valence-corrected chi connectivity index (χ2v) is 5.66. The van der Waals surface area contributed by atoms with E-state index in [-0.39, 0.29) is 18.1 Å². The summed E-state index contributed by atoms with van der Waals surface area (Å²) < 4.78 is 5.43. The maximum atomic E-state index is 10.7. The van der Waals surface area contributed by atoms with Crippen molar-refractivity contribution in [2.45, 2.75) is 50.7 Å². The molecule has 2 aliphatic rings. The van der Waals surface area contributed by atoms with Gasteiger partial charge in [-0.05, 0) is 25.7 Å². The van der Waals surface area contributed by atoms with Crippen molar-refractivity contribution in [3.8, 4) is 0 Å². The summed E-state index contributed by atoms with van der Waals surface area (Å²) in [5.74, 6) is -0.861. The number of ether oxygens (including phenoxy) is 1. The molecule has 0 amide bonds. The summed E-state index contributed by atoms with van der Waals surface area (Å²) in [7, 11) is 0. The molecule has 0 aromatic rings. The summed E-state index contributed by atoms with van der Waals surface area (Å²) in [6.07, 6.45) is 5.34. The molecule has 0 bridgehead atoms. The van der Waals surface area contributed by atoms with E-state index in [1.54, 1.807) is 0 Å². The monoisotopic (exact) mass is 257 g/mol. The molecule has 2 atom stereocenters. The third-order valence-corrected chi connectivity index (χ3v) is 4.25. The fraction of sp³-hybridized carbons (Fsp3) is 0.923. The Morgan fingerprint density at radius 2 is 2.06 bits per heavy atom. The predicted octanol–water partition coefficient (Wildman–Crippen LogP) is 0.761. The number of hydrogen-bond donors (Lipinski definition) is 3. The van der Waals surface area contributed by atoms with Gasteiger partial charge in [-0.25, -0.2) is 4.79 Å². The summed E-state index contributed by atoms with van der Waals surface area (Å²) in [6.45, 7) is 1.73. The van der Waals surface area contributed by atoms with E-state index >= 15 is 0 Å². The highest BCUT2D eigenvalue weighted by molar-refractivity contribution is 5.72. The Balaban J connectivity index is 1.68. The van der Waals surface area contributed by atoms with Crippen molar-refractivity contribution in [1.82, 2.24) is 5.32 Å². The minimum Gasteiger partial charge on any atom is -0.479 e. The van der Waals surface area contributed by atoms with Crippen molar-refractivity contribution in [2.24, 2.45) is 5.41 Å². The minimum absolute atomic E-state index is 0.00301. The first-order valence-electron chi connectivity index (χ1n) is 6.85. The lowest BCUT2D eigenvalue weighted by Gasteiger charge is -2.27. The Morgan fingerprint density at radius 1 is 1.33 bits per heavy atom. The van der Waals surface area contributed by atoms with Gasteiger partial charge >= 0.3 is 5.97 Å². The van der Waals surface area contributed by atoms with Crippen LogP contribution in [0.3, 0.4) is 0 Å². The highest BCUT2D eigenvalue weighted by Gasteiger charge is 2.34. The Labute approximate surface area is 108 Å². The highest BCUT2D eigenvalue weighted by atomic mass is 16.5.